The molecule has 0 radical (unpaired) electrons. The van der Waals surface area contributed by atoms with Gasteiger partial charge in [-0.1, -0.05) is 24.3 Å². The number of aromatic nitrogens is 2. The van der Waals surface area contributed by atoms with Crippen LogP contribution in [0.5, 0.6) is 5.75 Å². The van der Waals surface area contributed by atoms with Crippen LogP contribution >= 0.6 is 0 Å². The summed E-state index contributed by atoms with van der Waals surface area (Å²) in [5.41, 5.74) is 3.83. The van der Waals surface area contributed by atoms with Gasteiger partial charge in [0.1, 0.15) is 11.4 Å². The van der Waals surface area contributed by atoms with E-state index in [1.54, 1.807) is 19.4 Å². The normalized spacial score (nSPS) is 10.3. The van der Waals surface area contributed by atoms with E-state index in [4.69, 9.17) is 4.74 Å². The topological polar surface area (TPSA) is 76.1 Å². The van der Waals surface area contributed by atoms with Gasteiger partial charge in [0.25, 0.3) is 5.91 Å². The average Bonchev–Trinajstić information content (AvgIpc) is 2.64. The van der Waals surface area contributed by atoms with Crippen LogP contribution < -0.4 is 15.4 Å². The van der Waals surface area contributed by atoms with Gasteiger partial charge in [0.05, 0.1) is 12.8 Å². The molecule has 6 nitrogen and oxygen atoms in total. The fraction of sp³-hybridized carbons (Fsp3) is 0.150. The highest BCUT2D eigenvalue weighted by atomic mass is 16.5. The molecular formula is C20H20N4O2. The Balaban J connectivity index is 1.81. The molecule has 3 aromatic rings. The molecule has 1 amide bonds. The number of ether oxygens (including phenoxy) is 1. The van der Waals surface area contributed by atoms with Gasteiger partial charge in [0.15, 0.2) is 0 Å². The number of hydrogen-bond acceptors (Lipinski definition) is 5. The Morgan fingerprint density at radius 1 is 1.04 bits per heavy atom. The third kappa shape index (κ3) is 3.97. The zero-order chi connectivity index (χ0) is 18.5. The molecule has 3 rings (SSSR count). The lowest BCUT2D eigenvalue weighted by atomic mass is 10.2. The zero-order valence-electron chi connectivity index (χ0n) is 14.9. The number of rotatable bonds is 5. The van der Waals surface area contributed by atoms with Crippen LogP contribution in [0.2, 0.25) is 0 Å². The Morgan fingerprint density at radius 3 is 2.62 bits per heavy atom. The van der Waals surface area contributed by atoms with Gasteiger partial charge in [-0.3, -0.25) is 4.79 Å². The van der Waals surface area contributed by atoms with Gasteiger partial charge in [-0.05, 0) is 49.2 Å². The molecular weight excluding hydrogens is 328 g/mol. The van der Waals surface area contributed by atoms with Gasteiger partial charge in [-0.2, -0.15) is 0 Å². The Hall–Kier alpha value is -3.41. The Bertz CT molecular complexity index is 941. The lowest BCUT2D eigenvalue weighted by molar-refractivity contribution is 0.102. The van der Waals surface area contributed by atoms with Gasteiger partial charge in [-0.25, -0.2) is 9.97 Å². The maximum atomic E-state index is 12.5. The molecule has 6 heteroatoms. The van der Waals surface area contributed by atoms with Gasteiger partial charge >= 0.3 is 0 Å². The van der Waals surface area contributed by atoms with Crippen molar-refractivity contribution in [1.29, 1.82) is 0 Å². The molecule has 0 atom stereocenters. The number of methoxy groups -OCH3 is 1. The third-order valence-corrected chi connectivity index (χ3v) is 3.88. The van der Waals surface area contributed by atoms with E-state index in [1.165, 1.54) is 0 Å². The Morgan fingerprint density at radius 2 is 1.85 bits per heavy atom. The van der Waals surface area contributed by atoms with Crippen LogP contribution in [0, 0.1) is 13.8 Å². The van der Waals surface area contributed by atoms with Crippen molar-refractivity contribution in [2.75, 3.05) is 17.7 Å². The van der Waals surface area contributed by atoms with E-state index in [0.717, 1.165) is 22.5 Å². The number of hydrogen-bond donors (Lipinski definition) is 2. The summed E-state index contributed by atoms with van der Waals surface area (Å²) in [5.74, 6) is 0.709. The Labute approximate surface area is 152 Å². The van der Waals surface area contributed by atoms with Gasteiger partial charge in [-0.15, -0.1) is 0 Å². The first kappa shape index (κ1) is 17.4. The van der Waals surface area contributed by atoms with E-state index in [2.05, 4.69) is 20.6 Å². The zero-order valence-corrected chi connectivity index (χ0v) is 14.9. The van der Waals surface area contributed by atoms with Gasteiger partial charge in [0, 0.05) is 11.9 Å². The standard InChI is InChI=1S/C20H20N4O2/c1-13-8-9-18(26-3)17(12-13)24-20-21-11-10-16(23-20)19(25)22-15-7-5-4-6-14(15)2/h4-12H,1-3H3,(H,22,25)(H,21,23,24). The lowest BCUT2D eigenvalue weighted by Gasteiger charge is -2.12. The number of amides is 1. The molecule has 2 N–H and O–H groups in total. The second-order valence-corrected chi connectivity index (χ2v) is 5.86. The van der Waals surface area contributed by atoms with Crippen molar-refractivity contribution in [3.05, 3.63) is 71.5 Å². The maximum Gasteiger partial charge on any atom is 0.274 e. The number of nitrogens with zero attached hydrogens (tertiary/aromatic N) is 2. The number of benzene rings is 2. The van der Waals surface area contributed by atoms with Crippen LogP contribution in [0.25, 0.3) is 0 Å². The van der Waals surface area contributed by atoms with Crippen LogP contribution in [0.4, 0.5) is 17.3 Å². The number of anilines is 3. The molecule has 0 bridgehead atoms. The summed E-state index contributed by atoms with van der Waals surface area (Å²) in [6.45, 7) is 3.92. The summed E-state index contributed by atoms with van der Waals surface area (Å²) in [5, 5.41) is 5.98. The molecule has 132 valence electrons. The van der Waals surface area contributed by atoms with E-state index in [9.17, 15) is 4.79 Å². The monoisotopic (exact) mass is 348 g/mol. The number of carbonyl (C=O) groups is 1. The quantitative estimate of drug-likeness (QED) is 0.726. The van der Waals surface area contributed by atoms with Crippen molar-refractivity contribution in [2.24, 2.45) is 0 Å². The number of aryl methyl sites for hydroxylation is 2. The largest absolute Gasteiger partial charge is 0.495 e. The van der Waals surface area contributed by atoms with Crippen LogP contribution in [0.1, 0.15) is 21.6 Å². The van der Waals surface area contributed by atoms with Gasteiger partial charge < -0.3 is 15.4 Å². The first-order valence-corrected chi connectivity index (χ1v) is 8.18. The molecule has 26 heavy (non-hydrogen) atoms. The second-order valence-electron chi connectivity index (χ2n) is 5.86. The fourth-order valence-electron chi connectivity index (χ4n) is 2.48. The van der Waals surface area contributed by atoms with Crippen LogP contribution in [0.3, 0.4) is 0 Å². The lowest BCUT2D eigenvalue weighted by Crippen LogP contribution is -2.15. The van der Waals surface area contributed by atoms with Crippen molar-refractivity contribution in [1.82, 2.24) is 9.97 Å². The van der Waals surface area contributed by atoms with Crippen molar-refractivity contribution >= 4 is 23.2 Å². The highest BCUT2D eigenvalue weighted by Crippen LogP contribution is 2.27. The number of para-hydroxylation sites is 1. The van der Waals surface area contributed by atoms with Crippen LogP contribution in [0.15, 0.2) is 54.7 Å². The SMILES string of the molecule is COc1ccc(C)cc1Nc1nccc(C(=O)Nc2ccccc2C)n1. The van der Waals surface area contributed by atoms with E-state index in [-0.39, 0.29) is 11.6 Å². The predicted molar refractivity (Wildman–Crippen MR) is 102 cm³/mol. The molecule has 0 saturated carbocycles. The van der Waals surface area contributed by atoms with Crippen LogP contribution in [-0.4, -0.2) is 23.0 Å². The Kier molecular flexibility index (Phi) is 5.12. The van der Waals surface area contributed by atoms with Crippen molar-refractivity contribution in [3.8, 4) is 5.75 Å². The average molecular weight is 348 g/mol. The summed E-state index contributed by atoms with van der Waals surface area (Å²) in [6.07, 6.45) is 1.55. The van der Waals surface area contributed by atoms with E-state index >= 15 is 0 Å². The van der Waals surface area contributed by atoms with E-state index in [1.807, 2.05) is 56.3 Å². The summed E-state index contributed by atoms with van der Waals surface area (Å²) >= 11 is 0. The molecule has 0 aliphatic heterocycles. The third-order valence-electron chi connectivity index (χ3n) is 3.88. The fourth-order valence-corrected chi connectivity index (χ4v) is 2.48. The van der Waals surface area contributed by atoms with Crippen molar-refractivity contribution in [2.45, 2.75) is 13.8 Å². The predicted octanol–water partition coefficient (Wildman–Crippen LogP) is 4.10. The first-order chi connectivity index (χ1) is 12.6. The first-order valence-electron chi connectivity index (χ1n) is 8.18. The van der Waals surface area contributed by atoms with Crippen molar-refractivity contribution in [3.63, 3.8) is 0 Å². The molecule has 1 heterocycles. The van der Waals surface area contributed by atoms with Crippen LogP contribution in [-0.2, 0) is 0 Å². The molecule has 0 aliphatic rings. The molecule has 2 aromatic carbocycles. The van der Waals surface area contributed by atoms with Gasteiger partial charge in [0.2, 0.25) is 5.95 Å². The van der Waals surface area contributed by atoms with E-state index < -0.39 is 0 Å². The summed E-state index contributed by atoms with van der Waals surface area (Å²) < 4.78 is 5.35. The molecule has 0 spiro atoms. The number of carbonyl (C=O) groups excluding carboxylic acids is 1. The minimum atomic E-state index is -0.291. The summed E-state index contributed by atoms with van der Waals surface area (Å²) in [4.78, 5) is 21.0. The minimum Gasteiger partial charge on any atom is -0.495 e. The highest BCUT2D eigenvalue weighted by Gasteiger charge is 2.11. The number of nitrogens with one attached hydrogen (secondary N) is 2. The minimum absolute atomic E-state index is 0.275. The van der Waals surface area contributed by atoms with Crippen molar-refractivity contribution < 1.29 is 9.53 Å². The molecule has 0 fully saturated rings. The summed E-state index contributed by atoms with van der Waals surface area (Å²) in [6, 6.07) is 14.9. The highest BCUT2D eigenvalue weighted by molar-refractivity contribution is 6.03. The molecule has 0 unspecified atom stereocenters. The second kappa shape index (κ2) is 7.65. The molecule has 1 aromatic heterocycles. The molecule has 0 saturated heterocycles. The van der Waals surface area contributed by atoms with E-state index in [0.29, 0.717) is 11.7 Å². The molecule has 0 aliphatic carbocycles. The maximum absolute atomic E-state index is 12.5. The smallest absolute Gasteiger partial charge is 0.274 e. The summed E-state index contributed by atoms with van der Waals surface area (Å²) in [7, 11) is 1.60.